The van der Waals surface area contributed by atoms with E-state index < -0.39 is 6.10 Å². The van der Waals surface area contributed by atoms with Crippen LogP contribution in [-0.2, 0) is 13.1 Å². The first-order chi connectivity index (χ1) is 17.1. The molecule has 2 aromatic carbocycles. The smallest absolute Gasteiger partial charge is 0.280 e. The molecule has 0 radical (unpaired) electrons. The van der Waals surface area contributed by atoms with E-state index in [0.29, 0.717) is 29.1 Å². The Kier molecular flexibility index (Phi) is 5.49. The van der Waals surface area contributed by atoms with Crippen LogP contribution in [0.4, 0.5) is 0 Å². The van der Waals surface area contributed by atoms with Gasteiger partial charge in [-0.3, -0.25) is 9.59 Å². The largest absolute Gasteiger partial charge is 0.387 e. The van der Waals surface area contributed by atoms with E-state index in [2.05, 4.69) is 5.10 Å². The number of aromatic nitrogens is 3. The molecule has 7 nitrogen and oxygen atoms in total. The molecular formula is C28H28N4O3. The van der Waals surface area contributed by atoms with Crippen LogP contribution in [0.15, 0.2) is 71.5 Å². The number of rotatable bonds is 5. The molecule has 0 saturated heterocycles. The third-order valence-corrected chi connectivity index (χ3v) is 7.39. The molecule has 2 aliphatic rings. The van der Waals surface area contributed by atoms with Gasteiger partial charge in [0.05, 0.1) is 30.5 Å². The number of amides is 1. The minimum Gasteiger partial charge on any atom is -0.387 e. The number of hydrogen-bond donors (Lipinski definition) is 1. The minimum atomic E-state index is -0.835. The molecule has 1 atom stereocenters. The highest BCUT2D eigenvalue weighted by Gasteiger charge is 2.38. The van der Waals surface area contributed by atoms with E-state index in [1.807, 2.05) is 71.6 Å². The summed E-state index contributed by atoms with van der Waals surface area (Å²) in [6.07, 6.45) is 4.50. The third kappa shape index (κ3) is 3.76. The van der Waals surface area contributed by atoms with Crippen molar-refractivity contribution in [3.05, 3.63) is 93.9 Å². The molecule has 1 unspecified atom stereocenters. The van der Waals surface area contributed by atoms with Gasteiger partial charge in [0.25, 0.3) is 11.5 Å². The maximum Gasteiger partial charge on any atom is 0.280 e. The molecule has 3 heterocycles. The van der Waals surface area contributed by atoms with E-state index in [-0.39, 0.29) is 24.1 Å². The van der Waals surface area contributed by atoms with Crippen molar-refractivity contribution in [2.75, 3.05) is 0 Å². The first-order valence-electron chi connectivity index (χ1n) is 12.4. The molecule has 6 rings (SSSR count). The first-order valence-corrected chi connectivity index (χ1v) is 12.4. The van der Waals surface area contributed by atoms with Gasteiger partial charge in [0.15, 0.2) is 0 Å². The number of carbonyl (C=O) groups excluding carboxylic acids is 1. The Labute approximate surface area is 203 Å². The number of aliphatic hydroxyl groups is 1. The summed E-state index contributed by atoms with van der Waals surface area (Å²) in [7, 11) is 0. The number of benzene rings is 2. The van der Waals surface area contributed by atoms with Crippen molar-refractivity contribution in [2.24, 2.45) is 0 Å². The highest BCUT2D eigenvalue weighted by Crippen LogP contribution is 2.32. The molecule has 1 aliphatic carbocycles. The second-order valence-electron chi connectivity index (χ2n) is 9.56. The minimum absolute atomic E-state index is 0.116. The number of carbonyl (C=O) groups is 1. The molecule has 7 heteroatoms. The maximum absolute atomic E-state index is 13.8. The van der Waals surface area contributed by atoms with Crippen molar-refractivity contribution in [3.63, 3.8) is 0 Å². The Hall–Kier alpha value is -3.71. The molecule has 1 N–H and O–H groups in total. The molecule has 1 saturated carbocycles. The van der Waals surface area contributed by atoms with Gasteiger partial charge in [0, 0.05) is 17.7 Å². The van der Waals surface area contributed by atoms with Crippen LogP contribution in [0.3, 0.4) is 0 Å². The Morgan fingerprint density at radius 1 is 0.943 bits per heavy atom. The lowest BCUT2D eigenvalue weighted by Gasteiger charge is -2.30. The van der Waals surface area contributed by atoms with Gasteiger partial charge in [-0.25, -0.2) is 0 Å². The molecule has 4 aromatic rings. The van der Waals surface area contributed by atoms with E-state index in [1.54, 1.807) is 4.57 Å². The summed E-state index contributed by atoms with van der Waals surface area (Å²) in [5.41, 5.74) is 3.43. The van der Waals surface area contributed by atoms with Gasteiger partial charge >= 0.3 is 0 Å². The van der Waals surface area contributed by atoms with Crippen molar-refractivity contribution in [2.45, 2.75) is 57.3 Å². The average molecular weight is 469 g/mol. The lowest BCUT2D eigenvalue weighted by atomic mass is 9.94. The van der Waals surface area contributed by atoms with Gasteiger partial charge in [-0.15, -0.1) is 0 Å². The Bertz CT molecular complexity index is 1440. The molecule has 2 aromatic heterocycles. The standard InChI is InChI=1S/C28H28N4O3/c33-24(20-12-6-2-7-13-20)18-31-25-16-23(19-10-4-1-5-11-19)29-32(25)27(34)22-17-30(28(35)26(22)31)21-14-8-3-9-15-21/h1-2,4-7,10-13,16,21,24,33H,3,8-9,14-15,17-18H2. The quantitative estimate of drug-likeness (QED) is 0.476. The third-order valence-electron chi connectivity index (χ3n) is 7.39. The van der Waals surface area contributed by atoms with Crippen LogP contribution in [0.25, 0.3) is 16.9 Å². The fourth-order valence-corrected chi connectivity index (χ4v) is 5.56. The van der Waals surface area contributed by atoms with Crippen LogP contribution < -0.4 is 5.56 Å². The number of fused-ring (bicyclic) bond motifs is 2. The highest BCUT2D eigenvalue weighted by atomic mass is 16.3. The summed E-state index contributed by atoms with van der Waals surface area (Å²) in [5.74, 6) is -0.116. The van der Waals surface area contributed by atoms with E-state index in [0.717, 1.165) is 36.8 Å². The SMILES string of the molecule is O=C1c2c(c(=O)n3nc(-c4ccccc4)cc3n2CC(O)c2ccccc2)CN1C1CCCCC1. The van der Waals surface area contributed by atoms with Crippen molar-refractivity contribution in [3.8, 4) is 11.3 Å². The fourth-order valence-electron chi connectivity index (χ4n) is 5.56. The average Bonchev–Trinajstić information content (AvgIpc) is 3.51. The van der Waals surface area contributed by atoms with Crippen LogP contribution in [0.1, 0.15) is 59.8 Å². The normalized spacial score (nSPS) is 17.2. The van der Waals surface area contributed by atoms with E-state index in [4.69, 9.17) is 0 Å². The molecule has 1 amide bonds. The van der Waals surface area contributed by atoms with E-state index in [1.165, 1.54) is 10.9 Å². The number of hydrogen-bond acceptors (Lipinski definition) is 4. The Balaban J connectivity index is 1.50. The molecule has 0 spiro atoms. The predicted molar refractivity (Wildman–Crippen MR) is 133 cm³/mol. The Morgan fingerprint density at radius 2 is 1.63 bits per heavy atom. The van der Waals surface area contributed by atoms with Gasteiger partial charge in [0.2, 0.25) is 0 Å². The van der Waals surface area contributed by atoms with Crippen molar-refractivity contribution >= 4 is 11.6 Å². The summed E-state index contributed by atoms with van der Waals surface area (Å²) in [6.45, 7) is 0.454. The zero-order valence-corrected chi connectivity index (χ0v) is 19.5. The molecule has 178 valence electrons. The van der Waals surface area contributed by atoms with E-state index in [9.17, 15) is 14.7 Å². The zero-order valence-electron chi connectivity index (χ0n) is 19.5. The van der Waals surface area contributed by atoms with Crippen LogP contribution in [0.5, 0.6) is 0 Å². The van der Waals surface area contributed by atoms with Crippen molar-refractivity contribution < 1.29 is 9.90 Å². The summed E-state index contributed by atoms with van der Waals surface area (Å²) in [6, 6.07) is 21.1. The maximum atomic E-state index is 13.8. The van der Waals surface area contributed by atoms with Gasteiger partial charge in [-0.2, -0.15) is 9.61 Å². The van der Waals surface area contributed by atoms with Gasteiger partial charge in [-0.05, 0) is 18.4 Å². The monoisotopic (exact) mass is 468 g/mol. The second kappa shape index (κ2) is 8.82. The van der Waals surface area contributed by atoms with Gasteiger partial charge in [0.1, 0.15) is 11.3 Å². The Morgan fingerprint density at radius 3 is 2.34 bits per heavy atom. The lowest BCUT2D eigenvalue weighted by Crippen LogP contribution is -2.37. The summed E-state index contributed by atoms with van der Waals surface area (Å²) in [4.78, 5) is 29.2. The molecule has 35 heavy (non-hydrogen) atoms. The molecule has 1 fully saturated rings. The van der Waals surface area contributed by atoms with Crippen LogP contribution in [0, 0.1) is 0 Å². The number of aliphatic hydroxyl groups excluding tert-OH is 1. The second-order valence-corrected chi connectivity index (χ2v) is 9.56. The molecule has 0 bridgehead atoms. The van der Waals surface area contributed by atoms with E-state index >= 15 is 0 Å². The van der Waals surface area contributed by atoms with Gasteiger partial charge < -0.3 is 14.6 Å². The van der Waals surface area contributed by atoms with Crippen LogP contribution >= 0.6 is 0 Å². The topological polar surface area (TPSA) is 79.8 Å². The molecule has 1 aliphatic heterocycles. The fraction of sp³-hybridized carbons (Fsp3) is 0.321. The van der Waals surface area contributed by atoms with Crippen LogP contribution in [0.2, 0.25) is 0 Å². The van der Waals surface area contributed by atoms with Crippen molar-refractivity contribution in [1.82, 2.24) is 19.1 Å². The highest BCUT2D eigenvalue weighted by molar-refractivity contribution is 5.97. The molecular weight excluding hydrogens is 440 g/mol. The lowest BCUT2D eigenvalue weighted by molar-refractivity contribution is 0.0649. The first kappa shape index (κ1) is 21.8. The summed E-state index contributed by atoms with van der Waals surface area (Å²) < 4.78 is 3.20. The van der Waals surface area contributed by atoms with Gasteiger partial charge in [-0.1, -0.05) is 79.9 Å². The summed E-state index contributed by atoms with van der Waals surface area (Å²) in [5, 5.41) is 15.7. The summed E-state index contributed by atoms with van der Waals surface area (Å²) >= 11 is 0. The zero-order chi connectivity index (χ0) is 23.9. The predicted octanol–water partition coefficient (Wildman–Crippen LogP) is 4.19. The number of nitrogens with zero attached hydrogens (tertiary/aromatic N) is 4. The van der Waals surface area contributed by atoms with Crippen LogP contribution in [-0.4, -0.2) is 36.1 Å². The van der Waals surface area contributed by atoms with Crippen molar-refractivity contribution in [1.29, 1.82) is 0 Å².